The Morgan fingerprint density at radius 1 is 1.24 bits per heavy atom. The molecule has 1 rings (SSSR count). The third-order valence-corrected chi connectivity index (χ3v) is 3.68. The van der Waals surface area contributed by atoms with Crippen molar-refractivity contribution in [3.63, 3.8) is 0 Å². The van der Waals surface area contributed by atoms with Gasteiger partial charge in [0.2, 0.25) is 0 Å². The molecule has 0 bridgehead atoms. The molecule has 1 N–H and O–H groups in total. The van der Waals surface area contributed by atoms with Gasteiger partial charge in [0, 0.05) is 10.5 Å². The predicted molar refractivity (Wildman–Crippen MR) is 82.7 cm³/mol. The van der Waals surface area contributed by atoms with Crippen LogP contribution >= 0.6 is 15.9 Å². The summed E-state index contributed by atoms with van der Waals surface area (Å²) in [6.07, 6.45) is 2.49. The van der Waals surface area contributed by atoms with E-state index in [0.717, 1.165) is 10.0 Å². The summed E-state index contributed by atoms with van der Waals surface area (Å²) in [7, 11) is 2.62. The molecule has 2 atom stereocenters. The van der Waals surface area contributed by atoms with Gasteiger partial charge in [-0.2, -0.15) is 0 Å². The maximum atomic E-state index is 11.5. The number of methoxy groups -OCH3 is 2. The SMILES string of the molecule is COC(=O)/C=C/[C@@H](C)[C@H](NC(=O)OC)c1ccccc1Br. The molecule has 21 heavy (non-hydrogen) atoms. The quantitative estimate of drug-likeness (QED) is 0.650. The van der Waals surface area contributed by atoms with Gasteiger partial charge in [-0.25, -0.2) is 9.59 Å². The largest absolute Gasteiger partial charge is 0.466 e. The maximum absolute atomic E-state index is 11.5. The average Bonchev–Trinajstić information content (AvgIpc) is 2.50. The third-order valence-electron chi connectivity index (χ3n) is 2.96. The lowest BCUT2D eigenvalue weighted by Gasteiger charge is -2.23. The van der Waals surface area contributed by atoms with Crippen LogP contribution in [0.4, 0.5) is 4.79 Å². The Hall–Kier alpha value is -1.82. The van der Waals surface area contributed by atoms with Crippen LogP contribution in [0.25, 0.3) is 0 Å². The fourth-order valence-electron chi connectivity index (χ4n) is 1.82. The summed E-state index contributed by atoms with van der Waals surface area (Å²) < 4.78 is 10.1. The molecule has 0 fully saturated rings. The van der Waals surface area contributed by atoms with Gasteiger partial charge in [-0.05, 0) is 17.5 Å². The Kier molecular flexibility index (Phi) is 6.94. The lowest BCUT2D eigenvalue weighted by Crippen LogP contribution is -2.32. The lowest BCUT2D eigenvalue weighted by atomic mass is 9.94. The standard InChI is InChI=1S/C15H18BrNO4/c1-10(8-9-13(18)20-2)14(17-15(19)21-3)11-6-4-5-7-12(11)16/h4-10,14H,1-3H3,(H,17,19)/b9-8+/t10-,14+/m1/s1. The second kappa shape index (κ2) is 8.46. The molecule has 0 saturated heterocycles. The van der Waals surface area contributed by atoms with E-state index < -0.39 is 12.1 Å². The van der Waals surface area contributed by atoms with Gasteiger partial charge in [0.25, 0.3) is 0 Å². The van der Waals surface area contributed by atoms with Crippen LogP contribution in [-0.2, 0) is 14.3 Å². The van der Waals surface area contributed by atoms with Gasteiger partial charge in [-0.15, -0.1) is 0 Å². The molecule has 0 aliphatic heterocycles. The minimum Gasteiger partial charge on any atom is -0.466 e. The van der Waals surface area contributed by atoms with Gasteiger partial charge in [0.1, 0.15) is 0 Å². The second-order valence-corrected chi connectivity index (χ2v) is 5.23. The van der Waals surface area contributed by atoms with Crippen LogP contribution in [0.3, 0.4) is 0 Å². The molecule has 114 valence electrons. The molecule has 1 aromatic rings. The zero-order valence-electron chi connectivity index (χ0n) is 12.1. The summed E-state index contributed by atoms with van der Waals surface area (Å²) in [4.78, 5) is 22.7. The number of alkyl carbamates (subject to hydrolysis) is 1. The summed E-state index contributed by atoms with van der Waals surface area (Å²) >= 11 is 3.46. The third kappa shape index (κ3) is 5.23. The van der Waals surface area contributed by atoms with E-state index in [4.69, 9.17) is 0 Å². The van der Waals surface area contributed by atoms with E-state index in [1.165, 1.54) is 20.3 Å². The Morgan fingerprint density at radius 2 is 1.90 bits per heavy atom. The van der Waals surface area contributed by atoms with Gasteiger partial charge >= 0.3 is 12.1 Å². The molecular weight excluding hydrogens is 338 g/mol. The minimum atomic E-state index is -0.533. The molecule has 0 saturated carbocycles. The van der Waals surface area contributed by atoms with Crippen LogP contribution < -0.4 is 5.32 Å². The topological polar surface area (TPSA) is 64.6 Å². The average molecular weight is 356 g/mol. The summed E-state index contributed by atoms with van der Waals surface area (Å²) in [6, 6.07) is 7.21. The van der Waals surface area contributed by atoms with Gasteiger partial charge in [-0.1, -0.05) is 47.1 Å². The molecule has 0 aliphatic rings. The first-order valence-electron chi connectivity index (χ1n) is 6.34. The van der Waals surface area contributed by atoms with Gasteiger partial charge in [0.15, 0.2) is 0 Å². The van der Waals surface area contributed by atoms with Crippen molar-refractivity contribution in [2.24, 2.45) is 5.92 Å². The molecule has 0 aromatic heterocycles. The van der Waals surface area contributed by atoms with Crippen molar-refractivity contribution >= 4 is 28.0 Å². The number of hydrogen-bond donors (Lipinski definition) is 1. The fourth-order valence-corrected chi connectivity index (χ4v) is 2.35. The van der Waals surface area contributed by atoms with E-state index in [1.807, 2.05) is 31.2 Å². The first-order chi connectivity index (χ1) is 9.99. The Balaban J connectivity index is 3.02. The first-order valence-corrected chi connectivity index (χ1v) is 7.14. The number of benzene rings is 1. The molecular formula is C15H18BrNO4. The Morgan fingerprint density at radius 3 is 2.48 bits per heavy atom. The molecule has 0 heterocycles. The summed E-state index contributed by atoms with van der Waals surface area (Å²) in [5.41, 5.74) is 0.893. The van der Waals surface area contributed by atoms with Crippen LogP contribution in [0.5, 0.6) is 0 Å². The van der Waals surface area contributed by atoms with Crippen molar-refractivity contribution in [2.75, 3.05) is 14.2 Å². The highest BCUT2D eigenvalue weighted by Gasteiger charge is 2.22. The van der Waals surface area contributed by atoms with E-state index in [1.54, 1.807) is 6.08 Å². The maximum Gasteiger partial charge on any atom is 0.407 e. The molecule has 1 amide bonds. The van der Waals surface area contributed by atoms with Crippen LogP contribution in [0.2, 0.25) is 0 Å². The van der Waals surface area contributed by atoms with Crippen LogP contribution in [-0.4, -0.2) is 26.3 Å². The minimum absolute atomic E-state index is 0.137. The number of halogens is 1. The zero-order chi connectivity index (χ0) is 15.8. The Labute approximate surface area is 132 Å². The molecule has 0 spiro atoms. The zero-order valence-corrected chi connectivity index (χ0v) is 13.7. The highest BCUT2D eigenvalue weighted by Crippen LogP contribution is 2.29. The Bertz CT molecular complexity index is 530. The highest BCUT2D eigenvalue weighted by molar-refractivity contribution is 9.10. The number of esters is 1. The van der Waals surface area contributed by atoms with E-state index in [0.29, 0.717) is 0 Å². The van der Waals surface area contributed by atoms with E-state index in [2.05, 4.69) is 30.7 Å². The monoisotopic (exact) mass is 355 g/mol. The number of nitrogens with one attached hydrogen (secondary N) is 1. The highest BCUT2D eigenvalue weighted by atomic mass is 79.9. The van der Waals surface area contributed by atoms with Gasteiger partial charge in [0.05, 0.1) is 20.3 Å². The molecule has 5 nitrogen and oxygen atoms in total. The first kappa shape index (κ1) is 17.2. The van der Waals surface area contributed by atoms with Crippen molar-refractivity contribution < 1.29 is 19.1 Å². The number of carbonyl (C=O) groups is 2. The number of ether oxygens (including phenoxy) is 2. The van der Waals surface area contributed by atoms with E-state index in [9.17, 15) is 9.59 Å². The van der Waals surface area contributed by atoms with E-state index in [-0.39, 0.29) is 12.0 Å². The van der Waals surface area contributed by atoms with Crippen molar-refractivity contribution in [2.45, 2.75) is 13.0 Å². The molecule has 0 radical (unpaired) electrons. The summed E-state index contributed by atoms with van der Waals surface area (Å²) in [6.45, 7) is 1.89. The van der Waals surface area contributed by atoms with Gasteiger partial charge in [-0.3, -0.25) is 0 Å². The lowest BCUT2D eigenvalue weighted by molar-refractivity contribution is -0.134. The van der Waals surface area contributed by atoms with Crippen LogP contribution in [0.1, 0.15) is 18.5 Å². The van der Waals surface area contributed by atoms with Crippen molar-refractivity contribution in [1.29, 1.82) is 0 Å². The normalized spacial score (nSPS) is 13.5. The second-order valence-electron chi connectivity index (χ2n) is 4.38. The van der Waals surface area contributed by atoms with Crippen LogP contribution in [0.15, 0.2) is 40.9 Å². The molecule has 6 heteroatoms. The van der Waals surface area contributed by atoms with Crippen molar-refractivity contribution in [3.8, 4) is 0 Å². The number of hydrogen-bond acceptors (Lipinski definition) is 4. The predicted octanol–water partition coefficient (Wildman–Crippen LogP) is 3.21. The molecule has 0 unspecified atom stereocenters. The number of carbonyl (C=O) groups excluding carboxylic acids is 2. The van der Waals surface area contributed by atoms with E-state index >= 15 is 0 Å². The smallest absolute Gasteiger partial charge is 0.407 e. The van der Waals surface area contributed by atoms with Crippen LogP contribution in [0, 0.1) is 5.92 Å². The number of amides is 1. The van der Waals surface area contributed by atoms with Crippen molar-refractivity contribution in [1.82, 2.24) is 5.32 Å². The van der Waals surface area contributed by atoms with Crippen molar-refractivity contribution in [3.05, 3.63) is 46.5 Å². The molecule has 0 aliphatic carbocycles. The van der Waals surface area contributed by atoms with Gasteiger partial charge < -0.3 is 14.8 Å². The number of rotatable bonds is 5. The molecule has 1 aromatic carbocycles. The summed E-state index contributed by atoms with van der Waals surface area (Å²) in [5, 5.41) is 2.77. The summed E-state index contributed by atoms with van der Waals surface area (Å²) in [5.74, 6) is -0.576. The fraction of sp³-hybridized carbons (Fsp3) is 0.333.